The summed E-state index contributed by atoms with van der Waals surface area (Å²) in [6, 6.07) is 7.85. The maximum atomic E-state index is 12.7. The molecule has 3 rings (SSSR count). The number of amides is 1. The van der Waals surface area contributed by atoms with E-state index in [1.165, 1.54) is 0 Å². The Bertz CT molecular complexity index is 837. The van der Waals surface area contributed by atoms with Crippen LogP contribution < -0.4 is 10.2 Å². The largest absolute Gasteiger partial charge is 0.417 e. The Labute approximate surface area is 164 Å². The molecule has 2 aromatic rings. The van der Waals surface area contributed by atoms with Crippen LogP contribution >= 0.6 is 23.2 Å². The number of nitrogens with zero attached hydrogens (tertiary/aromatic N) is 2. The van der Waals surface area contributed by atoms with E-state index in [-0.39, 0.29) is 16.8 Å². The number of aromatic nitrogens is 1. The standard InChI is InChI=1S/C18H16Cl2F3N3O/c19-13-3-1-2-4-15(13)25-17(27)11-5-7-26(8-6-11)16-14(20)9-12(10-24-16)18(21,22)23/h1-4,9-11H,5-8H2,(H,25,27). The molecule has 0 saturated carbocycles. The fraction of sp³-hybridized carbons (Fsp3) is 0.333. The number of carbonyl (C=O) groups is 1. The van der Waals surface area contributed by atoms with Crippen LogP contribution in [0.1, 0.15) is 18.4 Å². The molecule has 1 aliphatic heterocycles. The lowest BCUT2D eigenvalue weighted by Crippen LogP contribution is -2.38. The number of halogens is 5. The molecular weight excluding hydrogens is 402 g/mol. The van der Waals surface area contributed by atoms with Crippen molar-refractivity contribution in [2.75, 3.05) is 23.3 Å². The first-order valence-corrected chi connectivity index (χ1v) is 9.04. The van der Waals surface area contributed by atoms with Crippen molar-refractivity contribution in [2.24, 2.45) is 5.92 Å². The zero-order chi connectivity index (χ0) is 19.6. The summed E-state index contributed by atoms with van der Waals surface area (Å²) in [6.07, 6.45) is -2.64. The van der Waals surface area contributed by atoms with E-state index in [1.807, 2.05) is 0 Å². The fourth-order valence-electron chi connectivity index (χ4n) is 2.97. The van der Waals surface area contributed by atoms with Crippen LogP contribution in [0.15, 0.2) is 36.5 Å². The molecule has 0 bridgehead atoms. The van der Waals surface area contributed by atoms with Crippen LogP contribution in [0.4, 0.5) is 24.7 Å². The van der Waals surface area contributed by atoms with Gasteiger partial charge in [0.15, 0.2) is 0 Å². The van der Waals surface area contributed by atoms with E-state index in [0.29, 0.717) is 42.5 Å². The molecule has 4 nitrogen and oxygen atoms in total. The molecule has 2 heterocycles. The molecule has 1 aliphatic rings. The third kappa shape index (κ3) is 4.65. The number of hydrogen-bond acceptors (Lipinski definition) is 3. The normalized spacial score (nSPS) is 15.7. The molecule has 1 N–H and O–H groups in total. The second kappa shape index (κ2) is 7.94. The molecule has 1 fully saturated rings. The number of hydrogen-bond donors (Lipinski definition) is 1. The van der Waals surface area contributed by atoms with Crippen molar-refractivity contribution in [1.29, 1.82) is 0 Å². The summed E-state index contributed by atoms with van der Waals surface area (Å²) in [5, 5.41) is 3.22. The van der Waals surface area contributed by atoms with Crippen LogP contribution in [-0.4, -0.2) is 24.0 Å². The molecule has 144 valence electrons. The van der Waals surface area contributed by atoms with Crippen LogP contribution in [-0.2, 0) is 11.0 Å². The zero-order valence-corrected chi connectivity index (χ0v) is 15.6. The number of para-hydroxylation sites is 1. The van der Waals surface area contributed by atoms with Gasteiger partial charge in [0.2, 0.25) is 5.91 Å². The van der Waals surface area contributed by atoms with Gasteiger partial charge in [-0.3, -0.25) is 4.79 Å². The van der Waals surface area contributed by atoms with Crippen molar-refractivity contribution < 1.29 is 18.0 Å². The molecule has 27 heavy (non-hydrogen) atoms. The molecule has 1 amide bonds. The summed E-state index contributed by atoms with van der Waals surface area (Å²) in [6.45, 7) is 0.942. The summed E-state index contributed by atoms with van der Waals surface area (Å²) < 4.78 is 38.2. The molecule has 0 aliphatic carbocycles. The molecule has 0 atom stereocenters. The maximum absolute atomic E-state index is 12.7. The molecule has 9 heteroatoms. The second-order valence-electron chi connectivity index (χ2n) is 6.26. The number of anilines is 2. The van der Waals surface area contributed by atoms with E-state index in [4.69, 9.17) is 23.2 Å². The van der Waals surface area contributed by atoms with E-state index < -0.39 is 11.7 Å². The van der Waals surface area contributed by atoms with Gasteiger partial charge in [0, 0.05) is 25.2 Å². The number of pyridine rings is 1. The van der Waals surface area contributed by atoms with Crippen LogP contribution in [0, 0.1) is 5.92 Å². The van der Waals surface area contributed by atoms with E-state index in [2.05, 4.69) is 10.3 Å². The van der Waals surface area contributed by atoms with Crippen molar-refractivity contribution >= 4 is 40.6 Å². The van der Waals surface area contributed by atoms with Crippen LogP contribution in [0.5, 0.6) is 0 Å². The van der Waals surface area contributed by atoms with E-state index in [1.54, 1.807) is 29.2 Å². The maximum Gasteiger partial charge on any atom is 0.417 e. The minimum atomic E-state index is -4.49. The molecule has 0 radical (unpaired) electrons. The number of benzene rings is 1. The zero-order valence-electron chi connectivity index (χ0n) is 14.1. The topological polar surface area (TPSA) is 45.2 Å². The molecular formula is C18H16Cl2F3N3O. The quantitative estimate of drug-likeness (QED) is 0.740. The Morgan fingerprint density at radius 1 is 1.15 bits per heavy atom. The molecule has 1 aromatic carbocycles. The smallest absolute Gasteiger partial charge is 0.355 e. The number of rotatable bonds is 3. The van der Waals surface area contributed by atoms with Crippen molar-refractivity contribution in [3.63, 3.8) is 0 Å². The third-order valence-corrected chi connectivity index (χ3v) is 5.05. The summed E-state index contributed by atoms with van der Waals surface area (Å²) >= 11 is 12.0. The highest BCUT2D eigenvalue weighted by molar-refractivity contribution is 6.33. The van der Waals surface area contributed by atoms with Crippen LogP contribution in [0.3, 0.4) is 0 Å². The van der Waals surface area contributed by atoms with E-state index in [0.717, 1.165) is 12.3 Å². The Morgan fingerprint density at radius 3 is 2.41 bits per heavy atom. The predicted octanol–water partition coefficient (Wildman–Crippen LogP) is 5.26. The summed E-state index contributed by atoms with van der Waals surface area (Å²) in [5.41, 5.74) is -0.329. The van der Waals surface area contributed by atoms with Crippen LogP contribution in [0.25, 0.3) is 0 Å². The highest BCUT2D eigenvalue weighted by Gasteiger charge is 2.33. The minimum Gasteiger partial charge on any atom is -0.355 e. The first-order chi connectivity index (χ1) is 12.8. The first-order valence-electron chi connectivity index (χ1n) is 8.29. The average molecular weight is 418 g/mol. The van der Waals surface area contributed by atoms with Gasteiger partial charge < -0.3 is 10.2 Å². The summed E-state index contributed by atoms with van der Waals surface area (Å²) in [7, 11) is 0. The lowest BCUT2D eigenvalue weighted by Gasteiger charge is -2.32. The van der Waals surface area contributed by atoms with Crippen LogP contribution in [0.2, 0.25) is 10.0 Å². The average Bonchev–Trinajstić information content (AvgIpc) is 2.63. The summed E-state index contributed by atoms with van der Waals surface area (Å²) in [5.74, 6) is -0.0467. The SMILES string of the molecule is O=C(Nc1ccccc1Cl)C1CCN(c2ncc(C(F)(F)F)cc2Cl)CC1. The summed E-state index contributed by atoms with van der Waals surface area (Å²) in [4.78, 5) is 18.1. The fourth-order valence-corrected chi connectivity index (χ4v) is 3.44. The van der Waals surface area contributed by atoms with Gasteiger partial charge >= 0.3 is 6.18 Å². The monoisotopic (exact) mass is 417 g/mol. The Balaban J connectivity index is 1.62. The molecule has 0 unspecified atom stereocenters. The van der Waals surface area contributed by atoms with Gasteiger partial charge in [0.1, 0.15) is 5.82 Å². The second-order valence-corrected chi connectivity index (χ2v) is 7.07. The Morgan fingerprint density at radius 2 is 1.81 bits per heavy atom. The minimum absolute atomic E-state index is 0.0520. The highest BCUT2D eigenvalue weighted by Crippen LogP contribution is 2.34. The third-order valence-electron chi connectivity index (χ3n) is 4.45. The number of piperidine rings is 1. The Hall–Kier alpha value is -1.99. The molecule has 0 spiro atoms. The van der Waals surface area contributed by atoms with Crippen molar-refractivity contribution in [3.8, 4) is 0 Å². The lowest BCUT2D eigenvalue weighted by atomic mass is 9.95. The Kier molecular flexibility index (Phi) is 5.81. The van der Waals surface area contributed by atoms with Gasteiger partial charge in [0.05, 0.1) is 21.3 Å². The van der Waals surface area contributed by atoms with Crippen molar-refractivity contribution in [1.82, 2.24) is 4.98 Å². The number of nitrogens with one attached hydrogen (secondary N) is 1. The highest BCUT2D eigenvalue weighted by atomic mass is 35.5. The van der Waals surface area contributed by atoms with Gasteiger partial charge in [-0.05, 0) is 31.0 Å². The lowest BCUT2D eigenvalue weighted by molar-refractivity contribution is -0.137. The molecule has 1 saturated heterocycles. The van der Waals surface area contributed by atoms with E-state index in [9.17, 15) is 18.0 Å². The van der Waals surface area contributed by atoms with Gasteiger partial charge in [-0.25, -0.2) is 4.98 Å². The van der Waals surface area contributed by atoms with Gasteiger partial charge in [0.25, 0.3) is 0 Å². The van der Waals surface area contributed by atoms with Gasteiger partial charge in [-0.1, -0.05) is 35.3 Å². The molecule has 1 aromatic heterocycles. The first kappa shape index (κ1) is 19.8. The van der Waals surface area contributed by atoms with Crippen molar-refractivity contribution in [3.05, 3.63) is 52.1 Å². The van der Waals surface area contributed by atoms with Gasteiger partial charge in [-0.2, -0.15) is 13.2 Å². The van der Waals surface area contributed by atoms with Crippen molar-refractivity contribution in [2.45, 2.75) is 19.0 Å². The number of carbonyl (C=O) groups excluding carboxylic acids is 1. The van der Waals surface area contributed by atoms with Gasteiger partial charge in [-0.15, -0.1) is 0 Å². The number of alkyl halides is 3. The van der Waals surface area contributed by atoms with E-state index >= 15 is 0 Å². The predicted molar refractivity (Wildman–Crippen MR) is 99.3 cm³/mol.